The molecule has 1 N–H and O–H groups in total. The zero-order valence-electron chi connectivity index (χ0n) is 6.45. The summed E-state index contributed by atoms with van der Waals surface area (Å²) in [6.07, 6.45) is 2.72. The van der Waals surface area contributed by atoms with Gasteiger partial charge in [0.25, 0.3) is 0 Å². The number of β-amino-alcohol motifs (C(OH)–C–C–N with tert-alkyl or cyclic N) is 1. The molecule has 0 aromatic rings. The Morgan fingerprint density at radius 1 is 1.80 bits per heavy atom. The Hall–Kier alpha value is -0.340. The second-order valence-electron chi connectivity index (χ2n) is 2.91. The Kier molecular flexibility index (Phi) is 2.46. The van der Waals surface area contributed by atoms with E-state index in [9.17, 15) is 0 Å². The van der Waals surface area contributed by atoms with Gasteiger partial charge >= 0.3 is 0 Å². The highest BCUT2D eigenvalue weighted by molar-refractivity contribution is 4.88. The number of hydrogen-bond acceptors (Lipinski definition) is 2. The van der Waals surface area contributed by atoms with Gasteiger partial charge in [-0.05, 0) is 13.3 Å². The second kappa shape index (κ2) is 3.17. The molecule has 2 atom stereocenters. The van der Waals surface area contributed by atoms with Crippen LogP contribution in [0.4, 0.5) is 0 Å². The van der Waals surface area contributed by atoms with Gasteiger partial charge in [-0.2, -0.15) is 0 Å². The molecule has 58 valence electrons. The summed E-state index contributed by atoms with van der Waals surface area (Å²) in [7, 11) is 0. The van der Waals surface area contributed by atoms with Crippen molar-refractivity contribution in [3.8, 4) is 0 Å². The third-order valence-electron chi connectivity index (χ3n) is 2.11. The summed E-state index contributed by atoms with van der Waals surface area (Å²) in [6, 6.07) is 0.414. The first kappa shape index (κ1) is 7.76. The fourth-order valence-electron chi connectivity index (χ4n) is 1.29. The van der Waals surface area contributed by atoms with Crippen LogP contribution in [-0.4, -0.2) is 35.2 Å². The highest BCUT2D eigenvalue weighted by atomic mass is 16.3. The maximum atomic E-state index is 9.17. The van der Waals surface area contributed by atoms with Crippen molar-refractivity contribution in [2.75, 3.05) is 13.1 Å². The van der Waals surface area contributed by atoms with Crippen LogP contribution in [0, 0.1) is 0 Å². The van der Waals surface area contributed by atoms with Gasteiger partial charge in [0.15, 0.2) is 0 Å². The minimum absolute atomic E-state index is 0.109. The lowest BCUT2D eigenvalue weighted by atomic mass is 10.3. The van der Waals surface area contributed by atoms with Crippen LogP contribution in [0.25, 0.3) is 0 Å². The molecule has 2 unspecified atom stereocenters. The minimum atomic E-state index is -0.109. The van der Waals surface area contributed by atoms with Gasteiger partial charge in [0.1, 0.15) is 0 Å². The zero-order valence-corrected chi connectivity index (χ0v) is 6.45. The quantitative estimate of drug-likeness (QED) is 0.570. The SMILES string of the molecule is C=CC(C)N1CCC(O)C1. The Labute approximate surface area is 62.2 Å². The molecular formula is C8H15NO. The van der Waals surface area contributed by atoms with Crippen LogP contribution in [0.1, 0.15) is 13.3 Å². The van der Waals surface area contributed by atoms with Crippen LogP contribution >= 0.6 is 0 Å². The summed E-state index contributed by atoms with van der Waals surface area (Å²) in [6.45, 7) is 7.63. The van der Waals surface area contributed by atoms with Crippen LogP contribution < -0.4 is 0 Å². The van der Waals surface area contributed by atoms with Crippen molar-refractivity contribution in [1.29, 1.82) is 0 Å². The predicted octanol–water partition coefficient (Wildman–Crippen LogP) is 0.627. The molecule has 0 aliphatic carbocycles. The van der Waals surface area contributed by atoms with E-state index in [0.29, 0.717) is 6.04 Å². The third kappa shape index (κ3) is 1.58. The van der Waals surface area contributed by atoms with Gasteiger partial charge in [-0.25, -0.2) is 0 Å². The number of rotatable bonds is 2. The smallest absolute Gasteiger partial charge is 0.0679 e. The third-order valence-corrected chi connectivity index (χ3v) is 2.11. The van der Waals surface area contributed by atoms with Gasteiger partial charge in [-0.15, -0.1) is 6.58 Å². The van der Waals surface area contributed by atoms with Gasteiger partial charge in [0, 0.05) is 19.1 Å². The van der Waals surface area contributed by atoms with E-state index in [4.69, 9.17) is 5.11 Å². The molecule has 1 aliphatic heterocycles. The fourth-order valence-corrected chi connectivity index (χ4v) is 1.29. The average Bonchev–Trinajstić information content (AvgIpc) is 2.34. The zero-order chi connectivity index (χ0) is 7.56. The Bertz CT molecular complexity index is 124. The van der Waals surface area contributed by atoms with Crippen LogP contribution in [0.5, 0.6) is 0 Å². The molecule has 0 saturated carbocycles. The highest BCUT2D eigenvalue weighted by Crippen LogP contribution is 2.12. The predicted molar refractivity (Wildman–Crippen MR) is 41.9 cm³/mol. The van der Waals surface area contributed by atoms with Crippen LogP contribution in [-0.2, 0) is 0 Å². The second-order valence-corrected chi connectivity index (χ2v) is 2.91. The lowest BCUT2D eigenvalue weighted by Crippen LogP contribution is -2.29. The first-order valence-electron chi connectivity index (χ1n) is 3.78. The van der Waals surface area contributed by atoms with Gasteiger partial charge in [0.05, 0.1) is 6.10 Å². The molecule has 0 bridgehead atoms. The molecule has 1 fully saturated rings. The molecule has 10 heavy (non-hydrogen) atoms. The van der Waals surface area contributed by atoms with Crippen molar-refractivity contribution in [1.82, 2.24) is 4.90 Å². The van der Waals surface area contributed by atoms with E-state index in [1.54, 1.807) is 0 Å². The van der Waals surface area contributed by atoms with Crippen molar-refractivity contribution >= 4 is 0 Å². The van der Waals surface area contributed by atoms with E-state index in [1.165, 1.54) is 0 Å². The molecular weight excluding hydrogens is 126 g/mol. The van der Waals surface area contributed by atoms with Gasteiger partial charge in [-0.3, -0.25) is 4.90 Å². The topological polar surface area (TPSA) is 23.5 Å². The largest absolute Gasteiger partial charge is 0.392 e. The molecule has 2 nitrogen and oxygen atoms in total. The molecule has 2 heteroatoms. The maximum absolute atomic E-state index is 9.17. The molecule has 0 radical (unpaired) electrons. The summed E-state index contributed by atoms with van der Waals surface area (Å²) in [5.74, 6) is 0. The van der Waals surface area contributed by atoms with E-state index in [0.717, 1.165) is 19.5 Å². The Morgan fingerprint density at radius 2 is 2.50 bits per heavy atom. The summed E-state index contributed by atoms with van der Waals surface area (Å²) < 4.78 is 0. The van der Waals surface area contributed by atoms with Gasteiger partial charge < -0.3 is 5.11 Å². The number of likely N-dealkylation sites (tertiary alicyclic amines) is 1. The van der Waals surface area contributed by atoms with Crippen LogP contribution in [0.3, 0.4) is 0 Å². The Morgan fingerprint density at radius 3 is 2.90 bits per heavy atom. The van der Waals surface area contributed by atoms with Crippen molar-refractivity contribution in [3.63, 3.8) is 0 Å². The monoisotopic (exact) mass is 141 g/mol. The maximum Gasteiger partial charge on any atom is 0.0679 e. The molecule has 0 amide bonds. The molecule has 1 heterocycles. The minimum Gasteiger partial charge on any atom is -0.392 e. The number of nitrogens with zero attached hydrogens (tertiary/aromatic N) is 1. The fraction of sp³-hybridized carbons (Fsp3) is 0.750. The molecule has 1 saturated heterocycles. The van der Waals surface area contributed by atoms with Crippen molar-refractivity contribution in [2.45, 2.75) is 25.5 Å². The molecule has 0 aromatic carbocycles. The van der Waals surface area contributed by atoms with Crippen molar-refractivity contribution in [2.24, 2.45) is 0 Å². The van der Waals surface area contributed by atoms with E-state index in [1.807, 2.05) is 6.08 Å². The van der Waals surface area contributed by atoms with Crippen molar-refractivity contribution in [3.05, 3.63) is 12.7 Å². The number of hydrogen-bond donors (Lipinski definition) is 1. The van der Waals surface area contributed by atoms with E-state index in [-0.39, 0.29) is 6.10 Å². The van der Waals surface area contributed by atoms with E-state index < -0.39 is 0 Å². The van der Waals surface area contributed by atoms with E-state index >= 15 is 0 Å². The molecule has 0 aromatic heterocycles. The van der Waals surface area contributed by atoms with Crippen LogP contribution in [0.2, 0.25) is 0 Å². The first-order valence-corrected chi connectivity index (χ1v) is 3.78. The van der Waals surface area contributed by atoms with Crippen molar-refractivity contribution < 1.29 is 5.11 Å². The van der Waals surface area contributed by atoms with E-state index in [2.05, 4.69) is 18.4 Å². The standard InChI is InChI=1S/C8H15NO/c1-3-7(2)9-5-4-8(10)6-9/h3,7-8,10H,1,4-6H2,2H3. The summed E-state index contributed by atoms with van der Waals surface area (Å²) >= 11 is 0. The summed E-state index contributed by atoms with van der Waals surface area (Å²) in [4.78, 5) is 2.23. The number of aliphatic hydroxyl groups excluding tert-OH is 1. The first-order chi connectivity index (χ1) is 4.74. The molecule has 1 aliphatic rings. The molecule has 0 spiro atoms. The summed E-state index contributed by atoms with van der Waals surface area (Å²) in [5, 5.41) is 9.17. The van der Waals surface area contributed by atoms with Gasteiger partial charge in [-0.1, -0.05) is 6.08 Å². The average molecular weight is 141 g/mol. The normalized spacial score (nSPS) is 30.4. The molecule has 1 rings (SSSR count). The summed E-state index contributed by atoms with van der Waals surface area (Å²) in [5.41, 5.74) is 0. The Balaban J connectivity index is 2.36. The lowest BCUT2D eigenvalue weighted by Gasteiger charge is -2.19. The highest BCUT2D eigenvalue weighted by Gasteiger charge is 2.22. The number of aliphatic hydroxyl groups is 1. The van der Waals surface area contributed by atoms with Gasteiger partial charge in [0.2, 0.25) is 0 Å². The lowest BCUT2D eigenvalue weighted by molar-refractivity contribution is 0.170. The van der Waals surface area contributed by atoms with Crippen LogP contribution in [0.15, 0.2) is 12.7 Å².